The first-order chi connectivity index (χ1) is 9.79. The van der Waals surface area contributed by atoms with Crippen LogP contribution in [0.5, 0.6) is 0 Å². The van der Waals surface area contributed by atoms with Crippen LogP contribution in [0.15, 0.2) is 35.9 Å². The van der Waals surface area contributed by atoms with Gasteiger partial charge in [-0.1, -0.05) is 56.4 Å². The molecule has 0 spiro atoms. The van der Waals surface area contributed by atoms with Crippen LogP contribution < -0.4 is 0 Å². The van der Waals surface area contributed by atoms with Crippen molar-refractivity contribution < 1.29 is 4.39 Å². The highest BCUT2D eigenvalue weighted by Crippen LogP contribution is 2.33. The third-order valence-corrected chi connectivity index (χ3v) is 4.43. The first-order valence-corrected chi connectivity index (χ1v) is 8.23. The summed E-state index contributed by atoms with van der Waals surface area (Å²) in [5.41, 5.74) is 2.80. The Balaban J connectivity index is 1.75. The van der Waals surface area contributed by atoms with Gasteiger partial charge in [-0.15, -0.1) is 0 Å². The molecule has 2 rings (SSSR count). The smallest absolute Gasteiger partial charge is 0.123 e. The van der Waals surface area contributed by atoms with Crippen LogP contribution in [0.4, 0.5) is 4.39 Å². The predicted octanol–water partition coefficient (Wildman–Crippen LogP) is 6.38. The number of rotatable bonds is 7. The van der Waals surface area contributed by atoms with Crippen LogP contribution in [0.25, 0.3) is 0 Å². The SMILES string of the molecule is CCCCCCCC1=CCC(c2cccc(F)c2)CC1. The lowest BCUT2D eigenvalue weighted by atomic mass is 9.83. The van der Waals surface area contributed by atoms with E-state index >= 15 is 0 Å². The second-order valence-electron chi connectivity index (χ2n) is 6.05. The monoisotopic (exact) mass is 274 g/mol. The molecule has 1 aromatic rings. The van der Waals surface area contributed by atoms with Crippen molar-refractivity contribution in [2.45, 2.75) is 70.6 Å². The Morgan fingerprint density at radius 3 is 2.70 bits per heavy atom. The highest BCUT2D eigenvalue weighted by molar-refractivity contribution is 5.24. The van der Waals surface area contributed by atoms with Gasteiger partial charge in [0.2, 0.25) is 0 Å². The van der Waals surface area contributed by atoms with E-state index < -0.39 is 0 Å². The van der Waals surface area contributed by atoms with Crippen molar-refractivity contribution in [3.05, 3.63) is 47.3 Å². The third kappa shape index (κ3) is 4.77. The Morgan fingerprint density at radius 1 is 1.15 bits per heavy atom. The molecule has 0 amide bonds. The molecule has 0 bridgehead atoms. The van der Waals surface area contributed by atoms with Gasteiger partial charge in [0.25, 0.3) is 0 Å². The van der Waals surface area contributed by atoms with E-state index in [1.54, 1.807) is 11.6 Å². The molecule has 0 fully saturated rings. The van der Waals surface area contributed by atoms with Gasteiger partial charge in [0.15, 0.2) is 0 Å². The Kier molecular flexibility index (Phi) is 6.29. The Hall–Kier alpha value is -1.11. The van der Waals surface area contributed by atoms with E-state index in [1.807, 2.05) is 6.07 Å². The molecule has 20 heavy (non-hydrogen) atoms. The number of allylic oxidation sites excluding steroid dienone is 2. The molecule has 1 unspecified atom stereocenters. The summed E-state index contributed by atoms with van der Waals surface area (Å²) in [6.07, 6.45) is 14.0. The Bertz CT molecular complexity index is 433. The van der Waals surface area contributed by atoms with Gasteiger partial charge >= 0.3 is 0 Å². The van der Waals surface area contributed by atoms with E-state index in [1.165, 1.54) is 63.0 Å². The second kappa shape index (κ2) is 8.24. The van der Waals surface area contributed by atoms with Crippen molar-refractivity contribution in [3.8, 4) is 0 Å². The number of hydrogen-bond donors (Lipinski definition) is 0. The maximum Gasteiger partial charge on any atom is 0.123 e. The molecule has 0 heterocycles. The van der Waals surface area contributed by atoms with Crippen molar-refractivity contribution in [3.63, 3.8) is 0 Å². The van der Waals surface area contributed by atoms with Gasteiger partial charge in [-0.3, -0.25) is 0 Å². The summed E-state index contributed by atoms with van der Waals surface area (Å²) in [6, 6.07) is 7.13. The quantitative estimate of drug-likeness (QED) is 0.400. The highest BCUT2D eigenvalue weighted by atomic mass is 19.1. The molecule has 0 saturated heterocycles. The summed E-state index contributed by atoms with van der Waals surface area (Å²) in [4.78, 5) is 0. The third-order valence-electron chi connectivity index (χ3n) is 4.43. The van der Waals surface area contributed by atoms with E-state index in [9.17, 15) is 4.39 Å². The Labute approximate surface area is 123 Å². The van der Waals surface area contributed by atoms with E-state index in [-0.39, 0.29) is 5.82 Å². The molecular weight excluding hydrogens is 247 g/mol. The molecule has 110 valence electrons. The molecule has 0 nitrogen and oxygen atoms in total. The lowest BCUT2D eigenvalue weighted by molar-refractivity contribution is 0.560. The number of unbranched alkanes of at least 4 members (excludes halogenated alkanes) is 4. The maximum atomic E-state index is 13.3. The molecule has 1 atom stereocenters. The molecule has 1 aromatic carbocycles. The van der Waals surface area contributed by atoms with Crippen LogP contribution in [-0.2, 0) is 0 Å². The normalized spacial score (nSPS) is 18.9. The van der Waals surface area contributed by atoms with E-state index in [4.69, 9.17) is 0 Å². The minimum Gasteiger partial charge on any atom is -0.207 e. The van der Waals surface area contributed by atoms with E-state index in [0.717, 1.165) is 6.42 Å². The number of hydrogen-bond acceptors (Lipinski definition) is 0. The zero-order valence-corrected chi connectivity index (χ0v) is 12.7. The second-order valence-corrected chi connectivity index (χ2v) is 6.05. The minimum absolute atomic E-state index is 0.104. The number of benzene rings is 1. The molecule has 1 aliphatic rings. The van der Waals surface area contributed by atoms with Gasteiger partial charge in [0, 0.05) is 0 Å². The summed E-state index contributed by atoms with van der Waals surface area (Å²) in [5, 5.41) is 0. The predicted molar refractivity (Wildman–Crippen MR) is 84.5 cm³/mol. The van der Waals surface area contributed by atoms with E-state index in [0.29, 0.717) is 5.92 Å². The molecule has 1 aliphatic carbocycles. The molecule has 0 saturated carbocycles. The largest absolute Gasteiger partial charge is 0.207 e. The average molecular weight is 274 g/mol. The average Bonchev–Trinajstić information content (AvgIpc) is 2.48. The first kappa shape index (κ1) is 15.3. The minimum atomic E-state index is -0.104. The Morgan fingerprint density at radius 2 is 2.00 bits per heavy atom. The van der Waals surface area contributed by atoms with Crippen LogP contribution in [0.3, 0.4) is 0 Å². The van der Waals surface area contributed by atoms with E-state index in [2.05, 4.69) is 19.1 Å². The van der Waals surface area contributed by atoms with Crippen LogP contribution in [-0.4, -0.2) is 0 Å². The van der Waals surface area contributed by atoms with Crippen LogP contribution in [0.1, 0.15) is 76.2 Å². The van der Waals surface area contributed by atoms with Gasteiger partial charge in [-0.25, -0.2) is 4.39 Å². The van der Waals surface area contributed by atoms with Crippen LogP contribution in [0, 0.1) is 5.82 Å². The molecule has 0 aromatic heterocycles. The molecular formula is C19H27F. The van der Waals surface area contributed by atoms with Gasteiger partial charge in [-0.2, -0.15) is 0 Å². The van der Waals surface area contributed by atoms with Crippen molar-refractivity contribution >= 4 is 0 Å². The highest BCUT2D eigenvalue weighted by Gasteiger charge is 2.16. The molecule has 0 N–H and O–H groups in total. The standard InChI is InChI=1S/C19H27F/c1-2-3-4-5-6-8-16-11-13-17(14-12-16)18-9-7-10-19(20)15-18/h7,9-11,15,17H,2-6,8,12-14H2,1H3. The van der Waals surface area contributed by atoms with Gasteiger partial charge < -0.3 is 0 Å². The molecule has 0 aliphatic heterocycles. The topological polar surface area (TPSA) is 0 Å². The van der Waals surface area contributed by atoms with Crippen molar-refractivity contribution in [1.29, 1.82) is 0 Å². The summed E-state index contributed by atoms with van der Waals surface area (Å²) >= 11 is 0. The van der Waals surface area contributed by atoms with Crippen LogP contribution >= 0.6 is 0 Å². The van der Waals surface area contributed by atoms with Crippen LogP contribution in [0.2, 0.25) is 0 Å². The molecule has 1 heteroatoms. The van der Waals surface area contributed by atoms with Crippen molar-refractivity contribution in [2.24, 2.45) is 0 Å². The lowest BCUT2D eigenvalue weighted by Gasteiger charge is -2.22. The van der Waals surface area contributed by atoms with Gasteiger partial charge in [0.1, 0.15) is 5.82 Å². The first-order valence-electron chi connectivity index (χ1n) is 8.23. The van der Waals surface area contributed by atoms with Gasteiger partial charge in [-0.05, 0) is 55.7 Å². The zero-order valence-electron chi connectivity index (χ0n) is 12.7. The fourth-order valence-electron chi connectivity index (χ4n) is 3.13. The molecule has 0 radical (unpaired) electrons. The van der Waals surface area contributed by atoms with Crippen molar-refractivity contribution in [1.82, 2.24) is 0 Å². The lowest BCUT2D eigenvalue weighted by Crippen LogP contribution is -2.04. The zero-order chi connectivity index (χ0) is 14.2. The van der Waals surface area contributed by atoms with Crippen molar-refractivity contribution in [2.75, 3.05) is 0 Å². The van der Waals surface area contributed by atoms with Gasteiger partial charge in [0.05, 0.1) is 0 Å². The summed E-state index contributed by atoms with van der Waals surface area (Å²) in [6.45, 7) is 2.26. The summed E-state index contributed by atoms with van der Waals surface area (Å²) < 4.78 is 13.3. The summed E-state index contributed by atoms with van der Waals surface area (Å²) in [7, 11) is 0. The summed E-state index contributed by atoms with van der Waals surface area (Å²) in [5.74, 6) is 0.419. The number of halogens is 1. The maximum absolute atomic E-state index is 13.3. The fraction of sp³-hybridized carbons (Fsp3) is 0.579. The fourth-order valence-corrected chi connectivity index (χ4v) is 3.13.